The lowest BCUT2D eigenvalue weighted by Crippen LogP contribution is -2.22. The van der Waals surface area contributed by atoms with Crippen LogP contribution in [0.2, 0.25) is 0 Å². The van der Waals surface area contributed by atoms with Crippen LogP contribution in [-0.2, 0) is 6.54 Å². The normalized spacial score (nSPS) is 18.2. The molecule has 2 aliphatic heterocycles. The number of nitrogens with zero attached hydrogens (tertiary/aromatic N) is 6. The predicted octanol–water partition coefficient (Wildman–Crippen LogP) is 3.26. The van der Waals surface area contributed by atoms with Crippen LogP contribution in [-0.4, -0.2) is 44.4 Å². The molecule has 1 unspecified atom stereocenters. The van der Waals surface area contributed by atoms with Gasteiger partial charge in [0.05, 0.1) is 36.4 Å². The molecule has 3 aromatic rings. The molecular formula is C22H24N6O. The zero-order valence-corrected chi connectivity index (χ0v) is 16.7. The first kappa shape index (κ1) is 17.8. The molecule has 0 bridgehead atoms. The van der Waals surface area contributed by atoms with Gasteiger partial charge >= 0.3 is 0 Å². The van der Waals surface area contributed by atoms with E-state index in [1.54, 1.807) is 6.33 Å². The number of aliphatic imine (C=N–C) groups is 1. The number of ether oxygens (including phenoxy) is 1. The second-order valence-electron chi connectivity index (χ2n) is 7.81. The molecule has 0 N–H and O–H groups in total. The Bertz CT molecular complexity index is 1040. The first-order valence-corrected chi connectivity index (χ1v) is 10.1. The Hall–Kier alpha value is -3.22. The number of imidazole rings is 1. The van der Waals surface area contributed by atoms with Crippen molar-refractivity contribution in [2.75, 3.05) is 18.0 Å². The van der Waals surface area contributed by atoms with Crippen molar-refractivity contribution in [1.82, 2.24) is 19.5 Å². The molecule has 2 aliphatic rings. The van der Waals surface area contributed by atoms with Gasteiger partial charge < -0.3 is 14.2 Å². The second kappa shape index (κ2) is 7.31. The Labute approximate surface area is 170 Å². The lowest BCUT2D eigenvalue weighted by Gasteiger charge is -2.18. The Morgan fingerprint density at radius 2 is 2.10 bits per heavy atom. The highest BCUT2D eigenvalue weighted by Crippen LogP contribution is 2.29. The molecule has 2 aromatic heterocycles. The molecule has 0 aliphatic carbocycles. The van der Waals surface area contributed by atoms with Crippen LogP contribution in [0.5, 0.6) is 5.75 Å². The lowest BCUT2D eigenvalue weighted by molar-refractivity contribution is 0.242. The van der Waals surface area contributed by atoms with E-state index < -0.39 is 0 Å². The van der Waals surface area contributed by atoms with Crippen LogP contribution in [0.15, 0.2) is 54.3 Å². The van der Waals surface area contributed by atoms with Crippen LogP contribution in [0.3, 0.4) is 0 Å². The topological polar surface area (TPSA) is 68.4 Å². The van der Waals surface area contributed by atoms with E-state index in [-0.39, 0.29) is 6.10 Å². The van der Waals surface area contributed by atoms with Gasteiger partial charge in [-0.1, -0.05) is 6.07 Å². The quantitative estimate of drug-likeness (QED) is 0.671. The minimum Gasteiger partial charge on any atom is -0.491 e. The molecule has 5 rings (SSSR count). The van der Waals surface area contributed by atoms with Crippen molar-refractivity contribution in [3.8, 4) is 5.75 Å². The van der Waals surface area contributed by atoms with Gasteiger partial charge in [-0.2, -0.15) is 0 Å². The molecule has 148 valence electrons. The van der Waals surface area contributed by atoms with Crippen molar-refractivity contribution in [2.45, 2.75) is 39.0 Å². The molecule has 29 heavy (non-hydrogen) atoms. The molecular weight excluding hydrogens is 364 g/mol. The summed E-state index contributed by atoms with van der Waals surface area (Å²) in [6.45, 7) is 6.63. The summed E-state index contributed by atoms with van der Waals surface area (Å²) >= 11 is 0. The van der Waals surface area contributed by atoms with Gasteiger partial charge in [-0.3, -0.25) is 4.99 Å². The SMILES string of the molecule is CC(C)Oc1ccc2c(c1)C(c1cc(N3CCC(n4ccnc4)C3)ncn1)=NC2. The van der Waals surface area contributed by atoms with Gasteiger partial charge in [0.1, 0.15) is 17.9 Å². The monoisotopic (exact) mass is 388 g/mol. The summed E-state index contributed by atoms with van der Waals surface area (Å²) in [5, 5.41) is 0. The van der Waals surface area contributed by atoms with E-state index in [0.29, 0.717) is 12.6 Å². The molecule has 0 saturated carbocycles. The van der Waals surface area contributed by atoms with Crippen LogP contribution in [0.4, 0.5) is 5.82 Å². The number of hydrogen-bond acceptors (Lipinski definition) is 6. The fourth-order valence-corrected chi connectivity index (χ4v) is 4.06. The summed E-state index contributed by atoms with van der Waals surface area (Å²) in [5.41, 5.74) is 4.09. The van der Waals surface area contributed by atoms with Gasteiger partial charge in [0.2, 0.25) is 0 Å². The average Bonchev–Trinajstić information content (AvgIpc) is 3.47. The van der Waals surface area contributed by atoms with Crippen LogP contribution in [0.1, 0.15) is 43.1 Å². The molecule has 0 radical (unpaired) electrons. The lowest BCUT2D eigenvalue weighted by atomic mass is 10.0. The average molecular weight is 388 g/mol. The molecule has 0 spiro atoms. The van der Waals surface area contributed by atoms with Gasteiger partial charge in [0.15, 0.2) is 0 Å². The standard InChI is InChI=1S/C22H24N6O/c1-15(2)29-18-4-3-16-11-24-22(19(16)9-18)20-10-21(26-13-25-20)27-7-5-17(12-27)28-8-6-23-14-28/h3-4,6,8-10,13-15,17H,5,7,11-12H2,1-2H3. The summed E-state index contributed by atoms with van der Waals surface area (Å²) in [4.78, 5) is 20.3. The first-order chi connectivity index (χ1) is 14.2. The molecule has 7 heteroatoms. The first-order valence-electron chi connectivity index (χ1n) is 10.1. The van der Waals surface area contributed by atoms with E-state index in [4.69, 9.17) is 9.73 Å². The van der Waals surface area contributed by atoms with Crippen molar-refractivity contribution in [1.29, 1.82) is 0 Å². The zero-order valence-electron chi connectivity index (χ0n) is 16.7. The van der Waals surface area contributed by atoms with Gasteiger partial charge in [-0.15, -0.1) is 0 Å². The number of rotatable bonds is 5. The largest absolute Gasteiger partial charge is 0.491 e. The molecule has 1 atom stereocenters. The zero-order chi connectivity index (χ0) is 19.8. The van der Waals surface area contributed by atoms with Gasteiger partial charge in [-0.05, 0) is 38.0 Å². The minimum atomic E-state index is 0.138. The van der Waals surface area contributed by atoms with E-state index in [9.17, 15) is 0 Å². The van der Waals surface area contributed by atoms with Crippen molar-refractivity contribution >= 4 is 11.5 Å². The third-order valence-electron chi connectivity index (χ3n) is 5.44. The predicted molar refractivity (Wildman–Crippen MR) is 112 cm³/mol. The summed E-state index contributed by atoms with van der Waals surface area (Å²) in [5.74, 6) is 1.81. The third kappa shape index (κ3) is 3.48. The van der Waals surface area contributed by atoms with Crippen molar-refractivity contribution < 1.29 is 4.74 Å². The van der Waals surface area contributed by atoms with E-state index >= 15 is 0 Å². The maximum atomic E-state index is 5.87. The third-order valence-corrected chi connectivity index (χ3v) is 5.44. The molecule has 1 fully saturated rings. The Morgan fingerprint density at radius 3 is 2.93 bits per heavy atom. The number of benzene rings is 1. The fourth-order valence-electron chi connectivity index (χ4n) is 4.06. The van der Waals surface area contributed by atoms with E-state index in [1.165, 1.54) is 5.56 Å². The van der Waals surface area contributed by atoms with E-state index in [2.05, 4.69) is 42.6 Å². The highest BCUT2D eigenvalue weighted by atomic mass is 16.5. The maximum Gasteiger partial charge on any atom is 0.132 e. The van der Waals surface area contributed by atoms with Crippen LogP contribution >= 0.6 is 0 Å². The highest BCUT2D eigenvalue weighted by Gasteiger charge is 2.26. The summed E-state index contributed by atoms with van der Waals surface area (Å²) < 4.78 is 8.05. The van der Waals surface area contributed by atoms with E-state index in [1.807, 2.05) is 38.6 Å². The van der Waals surface area contributed by atoms with E-state index in [0.717, 1.165) is 48.0 Å². The van der Waals surface area contributed by atoms with Gasteiger partial charge in [0.25, 0.3) is 0 Å². The Kier molecular flexibility index (Phi) is 4.50. The Balaban J connectivity index is 1.39. The second-order valence-corrected chi connectivity index (χ2v) is 7.81. The molecule has 1 saturated heterocycles. The van der Waals surface area contributed by atoms with Crippen LogP contribution < -0.4 is 9.64 Å². The van der Waals surface area contributed by atoms with Crippen molar-refractivity contribution in [3.63, 3.8) is 0 Å². The van der Waals surface area contributed by atoms with Crippen molar-refractivity contribution in [2.24, 2.45) is 4.99 Å². The number of anilines is 1. The molecule has 0 amide bonds. The van der Waals surface area contributed by atoms with Crippen LogP contribution in [0, 0.1) is 0 Å². The number of aromatic nitrogens is 4. The summed E-state index contributed by atoms with van der Waals surface area (Å²) in [7, 11) is 0. The number of fused-ring (bicyclic) bond motifs is 1. The van der Waals surface area contributed by atoms with Crippen LogP contribution in [0.25, 0.3) is 0 Å². The fraction of sp³-hybridized carbons (Fsp3) is 0.364. The molecule has 1 aromatic carbocycles. The maximum absolute atomic E-state index is 5.87. The minimum absolute atomic E-state index is 0.138. The molecule has 4 heterocycles. The number of hydrogen-bond donors (Lipinski definition) is 0. The smallest absolute Gasteiger partial charge is 0.132 e. The summed E-state index contributed by atoms with van der Waals surface area (Å²) in [6, 6.07) is 8.68. The highest BCUT2D eigenvalue weighted by molar-refractivity contribution is 6.14. The summed E-state index contributed by atoms with van der Waals surface area (Å²) in [6.07, 6.45) is 8.61. The van der Waals surface area contributed by atoms with Crippen molar-refractivity contribution in [3.05, 3.63) is 66.1 Å². The molecule has 7 nitrogen and oxygen atoms in total. The Morgan fingerprint density at radius 1 is 1.17 bits per heavy atom. The van der Waals surface area contributed by atoms with Gasteiger partial charge in [-0.25, -0.2) is 15.0 Å². The van der Waals surface area contributed by atoms with Gasteiger partial charge in [0, 0.05) is 37.1 Å².